The monoisotopic (exact) mass is 337 g/mol. The quantitative estimate of drug-likeness (QED) is 0.506. The van der Waals surface area contributed by atoms with Crippen molar-refractivity contribution in [2.75, 3.05) is 6.54 Å². The summed E-state index contributed by atoms with van der Waals surface area (Å²) >= 11 is 5.39. The highest BCUT2D eigenvalue weighted by atomic mass is 32.1. The lowest BCUT2D eigenvalue weighted by molar-refractivity contribution is 0.127. The molecule has 4 heteroatoms. The zero-order chi connectivity index (χ0) is 16.5. The van der Waals surface area contributed by atoms with Crippen LogP contribution < -0.4 is 5.73 Å². The van der Waals surface area contributed by atoms with Crippen molar-refractivity contribution in [1.82, 2.24) is 4.90 Å². The van der Waals surface area contributed by atoms with Crippen LogP contribution in [0.2, 0.25) is 0 Å². The minimum absolute atomic E-state index is 0.524. The molecule has 3 nitrogen and oxygen atoms in total. The normalized spacial score (nSPS) is 24.3. The molecular weight excluding hydrogens is 314 g/mol. The summed E-state index contributed by atoms with van der Waals surface area (Å²) in [6.07, 6.45) is 12.0. The zero-order valence-electron chi connectivity index (χ0n) is 13.9. The first kappa shape index (κ1) is 15.7. The average molecular weight is 337 g/mol. The van der Waals surface area contributed by atoms with E-state index in [9.17, 15) is 0 Å². The number of allylic oxidation sites excluding steroid dienone is 3. The fourth-order valence-corrected chi connectivity index (χ4v) is 4.24. The van der Waals surface area contributed by atoms with Gasteiger partial charge in [-0.05, 0) is 49.1 Å². The van der Waals surface area contributed by atoms with E-state index >= 15 is 0 Å². The predicted octanol–water partition coefficient (Wildman–Crippen LogP) is 3.84. The summed E-state index contributed by atoms with van der Waals surface area (Å²) in [6, 6.07) is 7.27. The number of hydrogen-bond acceptors (Lipinski definition) is 3. The molecule has 1 unspecified atom stereocenters. The number of fused-ring (bicyclic) bond motifs is 2. The number of nitrogens with zero attached hydrogens (tertiary/aromatic N) is 2. The average Bonchev–Trinajstić information content (AvgIpc) is 2.60. The molecule has 1 atom stereocenters. The fraction of sp³-hybridized carbons (Fsp3) is 0.400. The zero-order valence-corrected chi connectivity index (χ0v) is 14.7. The van der Waals surface area contributed by atoms with Crippen molar-refractivity contribution in [2.45, 2.75) is 44.7 Å². The Morgan fingerprint density at radius 3 is 3.04 bits per heavy atom. The molecule has 0 spiro atoms. The molecular formula is C20H23N3S. The van der Waals surface area contributed by atoms with Gasteiger partial charge in [0.2, 0.25) is 0 Å². The number of amidine groups is 1. The van der Waals surface area contributed by atoms with Gasteiger partial charge < -0.3 is 5.73 Å². The molecule has 24 heavy (non-hydrogen) atoms. The van der Waals surface area contributed by atoms with Crippen molar-refractivity contribution < 1.29 is 0 Å². The smallest absolute Gasteiger partial charge is 0.132 e. The molecule has 1 fully saturated rings. The highest BCUT2D eigenvalue weighted by Gasteiger charge is 2.28. The lowest BCUT2D eigenvalue weighted by Crippen LogP contribution is -2.43. The van der Waals surface area contributed by atoms with Gasteiger partial charge in [0.25, 0.3) is 0 Å². The van der Waals surface area contributed by atoms with E-state index in [1.54, 1.807) is 0 Å². The first-order chi connectivity index (χ1) is 11.7. The summed E-state index contributed by atoms with van der Waals surface area (Å²) in [6.45, 7) is 2.28. The molecule has 4 rings (SSSR count). The summed E-state index contributed by atoms with van der Waals surface area (Å²) in [5.74, 6) is 0.524. The van der Waals surface area contributed by atoms with Crippen molar-refractivity contribution >= 4 is 28.6 Å². The van der Waals surface area contributed by atoms with Gasteiger partial charge in [-0.2, -0.15) is 0 Å². The second-order valence-corrected chi connectivity index (χ2v) is 7.40. The fourth-order valence-electron chi connectivity index (χ4n) is 3.97. The van der Waals surface area contributed by atoms with Gasteiger partial charge in [0.05, 0.1) is 5.69 Å². The Morgan fingerprint density at radius 2 is 2.17 bits per heavy atom. The second kappa shape index (κ2) is 6.61. The SMILES string of the molecule is NC(=Nc1ccc2c(c1)CN1CCCCC1C2)C1=CC=CCC1=S. The highest BCUT2D eigenvalue weighted by molar-refractivity contribution is 7.81. The molecule has 0 radical (unpaired) electrons. The summed E-state index contributed by atoms with van der Waals surface area (Å²) < 4.78 is 0. The first-order valence-corrected chi connectivity index (χ1v) is 9.22. The summed E-state index contributed by atoms with van der Waals surface area (Å²) in [4.78, 5) is 8.13. The molecule has 1 aromatic rings. The minimum atomic E-state index is 0.524. The Kier molecular flexibility index (Phi) is 4.33. The van der Waals surface area contributed by atoms with E-state index in [4.69, 9.17) is 18.0 Å². The first-order valence-electron chi connectivity index (χ1n) is 8.81. The van der Waals surface area contributed by atoms with E-state index in [1.807, 2.05) is 18.2 Å². The maximum Gasteiger partial charge on any atom is 0.132 e. The van der Waals surface area contributed by atoms with Gasteiger partial charge >= 0.3 is 0 Å². The summed E-state index contributed by atoms with van der Waals surface area (Å²) in [5, 5.41) is 0. The Balaban J connectivity index is 1.59. The van der Waals surface area contributed by atoms with Crippen molar-refractivity contribution in [2.24, 2.45) is 10.7 Å². The third kappa shape index (κ3) is 3.08. The van der Waals surface area contributed by atoms with Gasteiger partial charge in [-0.1, -0.05) is 42.9 Å². The van der Waals surface area contributed by atoms with Gasteiger partial charge in [0.15, 0.2) is 0 Å². The molecule has 3 aliphatic rings. The predicted molar refractivity (Wildman–Crippen MR) is 104 cm³/mol. The number of rotatable bonds is 2. The van der Waals surface area contributed by atoms with Crippen LogP contribution in [0, 0.1) is 0 Å². The molecule has 0 amide bonds. The van der Waals surface area contributed by atoms with E-state index < -0.39 is 0 Å². The number of thiocarbonyl (C=S) groups is 1. The minimum Gasteiger partial charge on any atom is -0.383 e. The third-order valence-electron chi connectivity index (χ3n) is 5.30. The molecule has 0 aromatic heterocycles. The van der Waals surface area contributed by atoms with E-state index in [0.717, 1.165) is 35.1 Å². The van der Waals surface area contributed by atoms with E-state index in [2.05, 4.69) is 28.1 Å². The summed E-state index contributed by atoms with van der Waals surface area (Å²) in [7, 11) is 0. The van der Waals surface area contributed by atoms with Crippen LogP contribution >= 0.6 is 12.2 Å². The van der Waals surface area contributed by atoms with Crippen LogP contribution in [0.25, 0.3) is 0 Å². The van der Waals surface area contributed by atoms with Crippen LogP contribution in [-0.4, -0.2) is 28.2 Å². The molecule has 2 heterocycles. The molecule has 0 saturated carbocycles. The van der Waals surface area contributed by atoms with Gasteiger partial charge in [-0.15, -0.1) is 0 Å². The Hall–Kier alpha value is -1.78. The number of piperidine rings is 1. The number of hydrogen-bond donors (Lipinski definition) is 1. The molecule has 2 N–H and O–H groups in total. The van der Waals surface area contributed by atoms with Crippen LogP contribution in [0.4, 0.5) is 5.69 Å². The van der Waals surface area contributed by atoms with Crippen LogP contribution in [0.3, 0.4) is 0 Å². The van der Waals surface area contributed by atoms with Crippen LogP contribution in [0.15, 0.2) is 47.0 Å². The largest absolute Gasteiger partial charge is 0.383 e. The van der Waals surface area contributed by atoms with Gasteiger partial charge in [0.1, 0.15) is 5.84 Å². The van der Waals surface area contributed by atoms with Crippen LogP contribution in [-0.2, 0) is 13.0 Å². The van der Waals surface area contributed by atoms with E-state index in [1.165, 1.54) is 43.4 Å². The molecule has 1 aromatic carbocycles. The van der Waals surface area contributed by atoms with Crippen molar-refractivity contribution in [3.63, 3.8) is 0 Å². The maximum atomic E-state index is 6.20. The molecule has 0 bridgehead atoms. The molecule has 1 saturated heterocycles. The third-order valence-corrected chi connectivity index (χ3v) is 5.68. The lowest BCUT2D eigenvalue weighted by Gasteiger charge is -2.40. The summed E-state index contributed by atoms with van der Waals surface area (Å²) in [5.41, 5.74) is 10.9. The number of aliphatic imine (C=N–C) groups is 1. The highest BCUT2D eigenvalue weighted by Crippen LogP contribution is 2.31. The van der Waals surface area contributed by atoms with Crippen molar-refractivity contribution in [3.05, 3.63) is 53.1 Å². The topological polar surface area (TPSA) is 41.6 Å². The Morgan fingerprint density at radius 1 is 1.25 bits per heavy atom. The molecule has 1 aliphatic carbocycles. The van der Waals surface area contributed by atoms with Gasteiger partial charge in [-0.25, -0.2) is 4.99 Å². The molecule has 124 valence electrons. The van der Waals surface area contributed by atoms with Crippen molar-refractivity contribution in [1.29, 1.82) is 0 Å². The standard InChI is InChI=1S/C20H23N3S/c21-20(18-6-1-2-7-19(18)24)22-16-9-8-14-12-17-5-3-4-10-23(17)13-15(14)11-16/h1-2,6,8-9,11,17H,3-5,7,10,12-13H2,(H2,21,22). The lowest BCUT2D eigenvalue weighted by atomic mass is 9.88. The van der Waals surface area contributed by atoms with E-state index in [-0.39, 0.29) is 0 Å². The van der Waals surface area contributed by atoms with Crippen molar-refractivity contribution in [3.8, 4) is 0 Å². The van der Waals surface area contributed by atoms with Gasteiger partial charge in [0, 0.05) is 29.4 Å². The second-order valence-electron chi connectivity index (χ2n) is 6.91. The van der Waals surface area contributed by atoms with Gasteiger partial charge in [-0.3, -0.25) is 4.90 Å². The maximum absolute atomic E-state index is 6.20. The van der Waals surface area contributed by atoms with Crippen LogP contribution in [0.5, 0.6) is 0 Å². The van der Waals surface area contributed by atoms with E-state index in [0.29, 0.717) is 5.84 Å². The number of benzene rings is 1. The molecule has 2 aliphatic heterocycles. The number of nitrogens with two attached hydrogens (primary N) is 1. The Bertz CT molecular complexity index is 760. The Labute approximate surface area is 148 Å². The van der Waals surface area contributed by atoms with Crippen LogP contribution in [0.1, 0.15) is 36.8 Å².